The second-order valence-corrected chi connectivity index (χ2v) is 6.88. The van der Waals surface area contributed by atoms with Gasteiger partial charge in [-0.3, -0.25) is 0 Å². The highest BCUT2D eigenvalue weighted by Gasteiger charge is 2.11. The van der Waals surface area contributed by atoms with E-state index in [4.69, 9.17) is 9.47 Å². The Morgan fingerprint density at radius 3 is 2.50 bits per heavy atom. The molecule has 6 nitrogen and oxygen atoms in total. The zero-order valence-corrected chi connectivity index (χ0v) is 16.1. The Balaban J connectivity index is 1.52. The van der Waals surface area contributed by atoms with E-state index in [0.717, 1.165) is 27.5 Å². The van der Waals surface area contributed by atoms with Gasteiger partial charge in [0.1, 0.15) is 16.5 Å². The summed E-state index contributed by atoms with van der Waals surface area (Å²) in [7, 11) is 3.20. The number of aromatic nitrogens is 4. The lowest BCUT2D eigenvalue weighted by Gasteiger charge is -2.07. The molecule has 0 N–H and O–H groups in total. The average Bonchev–Trinajstić information content (AvgIpc) is 3.38. The summed E-state index contributed by atoms with van der Waals surface area (Å²) >= 11 is 1.51. The van der Waals surface area contributed by atoms with E-state index < -0.39 is 0 Å². The summed E-state index contributed by atoms with van der Waals surface area (Å²) in [5.41, 5.74) is 3.37. The number of benzene rings is 2. The monoisotopic (exact) mass is 396 g/mol. The van der Waals surface area contributed by atoms with Gasteiger partial charge < -0.3 is 9.47 Å². The van der Waals surface area contributed by atoms with Gasteiger partial charge in [0.05, 0.1) is 32.7 Å². The van der Waals surface area contributed by atoms with Gasteiger partial charge in [0, 0.05) is 16.5 Å². The van der Waals surface area contributed by atoms with E-state index in [1.54, 1.807) is 31.0 Å². The molecule has 0 bridgehead atoms. The van der Waals surface area contributed by atoms with Crippen molar-refractivity contribution in [2.24, 2.45) is 0 Å². The largest absolute Gasteiger partial charge is 0.493 e. The maximum atomic E-state index is 13.1. The minimum atomic E-state index is -0.258. The Hall–Kier alpha value is -3.26. The highest BCUT2D eigenvalue weighted by molar-refractivity contribution is 7.13. The van der Waals surface area contributed by atoms with Gasteiger partial charge >= 0.3 is 0 Å². The molecule has 0 saturated carbocycles. The van der Waals surface area contributed by atoms with E-state index in [9.17, 15) is 4.39 Å². The molecule has 0 aliphatic rings. The molecule has 2 aromatic heterocycles. The lowest BCUT2D eigenvalue weighted by atomic mass is 10.1. The second kappa shape index (κ2) is 7.77. The zero-order chi connectivity index (χ0) is 19.5. The number of hydrogen-bond donors (Lipinski definition) is 0. The zero-order valence-electron chi connectivity index (χ0n) is 15.3. The highest BCUT2D eigenvalue weighted by Crippen LogP contribution is 2.31. The van der Waals surface area contributed by atoms with Gasteiger partial charge in [0.15, 0.2) is 11.5 Å². The first kappa shape index (κ1) is 18.1. The Bertz CT molecular complexity index is 1090. The fourth-order valence-corrected chi connectivity index (χ4v) is 3.59. The number of methoxy groups -OCH3 is 2. The van der Waals surface area contributed by atoms with Gasteiger partial charge in [0.2, 0.25) is 0 Å². The summed E-state index contributed by atoms with van der Waals surface area (Å²) in [5, 5.41) is 11.2. The van der Waals surface area contributed by atoms with Crippen molar-refractivity contribution in [2.45, 2.75) is 6.54 Å². The minimum absolute atomic E-state index is 0.258. The number of halogens is 1. The smallest absolute Gasteiger partial charge is 0.161 e. The Labute approximate surface area is 165 Å². The van der Waals surface area contributed by atoms with Crippen molar-refractivity contribution in [1.29, 1.82) is 0 Å². The van der Waals surface area contributed by atoms with Gasteiger partial charge in [0.25, 0.3) is 0 Å². The van der Waals surface area contributed by atoms with Crippen LogP contribution in [0.25, 0.3) is 21.8 Å². The van der Waals surface area contributed by atoms with E-state index in [1.165, 1.54) is 23.5 Å². The molecule has 0 radical (unpaired) electrons. The van der Waals surface area contributed by atoms with Gasteiger partial charge in [-0.05, 0) is 42.5 Å². The van der Waals surface area contributed by atoms with Crippen molar-refractivity contribution in [3.05, 3.63) is 65.6 Å². The maximum Gasteiger partial charge on any atom is 0.161 e. The normalized spacial score (nSPS) is 10.8. The molecular formula is C20H17FN4O2S. The number of ether oxygens (including phenoxy) is 2. The summed E-state index contributed by atoms with van der Waals surface area (Å²) in [6.45, 7) is 0.498. The molecule has 0 fully saturated rings. The molecule has 0 aliphatic heterocycles. The third-order valence-electron chi connectivity index (χ3n) is 4.18. The van der Waals surface area contributed by atoms with Gasteiger partial charge in [-0.2, -0.15) is 0 Å². The highest BCUT2D eigenvalue weighted by atomic mass is 32.1. The lowest BCUT2D eigenvalue weighted by molar-refractivity contribution is 0.355. The molecule has 8 heteroatoms. The quantitative estimate of drug-likeness (QED) is 0.487. The molecule has 2 aromatic carbocycles. The van der Waals surface area contributed by atoms with Crippen LogP contribution in [0, 0.1) is 5.82 Å². The van der Waals surface area contributed by atoms with Crippen LogP contribution in [0.15, 0.2) is 54.0 Å². The van der Waals surface area contributed by atoms with Crippen LogP contribution in [-0.2, 0) is 6.54 Å². The van der Waals surface area contributed by atoms with Gasteiger partial charge in [-0.1, -0.05) is 5.21 Å². The Morgan fingerprint density at radius 1 is 1.00 bits per heavy atom. The van der Waals surface area contributed by atoms with E-state index >= 15 is 0 Å². The van der Waals surface area contributed by atoms with Crippen molar-refractivity contribution >= 4 is 11.3 Å². The van der Waals surface area contributed by atoms with Crippen LogP contribution in [0.2, 0.25) is 0 Å². The molecule has 4 aromatic rings. The fourth-order valence-electron chi connectivity index (χ4n) is 2.77. The van der Waals surface area contributed by atoms with Gasteiger partial charge in [-0.15, -0.1) is 16.4 Å². The third kappa shape index (κ3) is 3.72. The molecule has 0 aliphatic carbocycles. The van der Waals surface area contributed by atoms with Crippen LogP contribution in [0.1, 0.15) is 5.69 Å². The Kier molecular flexibility index (Phi) is 5.03. The minimum Gasteiger partial charge on any atom is -0.493 e. The van der Waals surface area contributed by atoms with E-state index in [2.05, 4.69) is 15.3 Å². The van der Waals surface area contributed by atoms with E-state index in [-0.39, 0.29) is 5.82 Å². The topological polar surface area (TPSA) is 62.1 Å². The van der Waals surface area contributed by atoms with Crippen molar-refractivity contribution in [3.63, 3.8) is 0 Å². The third-order valence-corrected chi connectivity index (χ3v) is 5.13. The molecule has 0 saturated heterocycles. The van der Waals surface area contributed by atoms with Crippen LogP contribution in [0.4, 0.5) is 4.39 Å². The molecule has 2 heterocycles. The summed E-state index contributed by atoms with van der Waals surface area (Å²) in [4.78, 5) is 4.61. The second-order valence-electron chi connectivity index (χ2n) is 6.02. The van der Waals surface area contributed by atoms with E-state index in [1.807, 2.05) is 29.8 Å². The molecule has 0 unspecified atom stereocenters. The fraction of sp³-hybridized carbons (Fsp3) is 0.150. The average molecular weight is 396 g/mol. The summed E-state index contributed by atoms with van der Waals surface area (Å²) in [6.07, 6.45) is 1.86. The number of rotatable bonds is 6. The van der Waals surface area contributed by atoms with Crippen LogP contribution < -0.4 is 9.47 Å². The molecular weight excluding hydrogens is 379 g/mol. The van der Waals surface area contributed by atoms with Crippen LogP contribution in [0.5, 0.6) is 11.5 Å². The standard InChI is InChI=1S/C20H17FN4O2S/c1-26-18-8-5-14(9-19(18)27-2)17-11-25(24-23-17)10-16-12-28-20(22-16)13-3-6-15(21)7-4-13/h3-9,11-12H,10H2,1-2H3. The van der Waals surface area contributed by atoms with Crippen molar-refractivity contribution in [1.82, 2.24) is 20.0 Å². The first-order valence-corrected chi connectivity index (χ1v) is 9.37. The first-order chi connectivity index (χ1) is 13.7. The first-order valence-electron chi connectivity index (χ1n) is 8.49. The summed E-state index contributed by atoms with van der Waals surface area (Å²) in [5.74, 6) is 1.04. The maximum absolute atomic E-state index is 13.1. The predicted molar refractivity (Wildman–Crippen MR) is 105 cm³/mol. The van der Waals surface area contributed by atoms with E-state index in [0.29, 0.717) is 18.0 Å². The molecule has 0 spiro atoms. The lowest BCUT2D eigenvalue weighted by Crippen LogP contribution is -2.00. The van der Waals surface area contributed by atoms with Crippen LogP contribution >= 0.6 is 11.3 Å². The van der Waals surface area contributed by atoms with Crippen molar-refractivity contribution in [2.75, 3.05) is 14.2 Å². The molecule has 0 atom stereocenters. The van der Waals surface area contributed by atoms with Crippen molar-refractivity contribution < 1.29 is 13.9 Å². The number of hydrogen-bond acceptors (Lipinski definition) is 6. The molecule has 0 amide bonds. The van der Waals surface area contributed by atoms with Crippen molar-refractivity contribution in [3.8, 4) is 33.3 Å². The number of nitrogens with zero attached hydrogens (tertiary/aromatic N) is 4. The Morgan fingerprint density at radius 2 is 1.75 bits per heavy atom. The molecule has 4 rings (SSSR count). The molecule has 28 heavy (non-hydrogen) atoms. The van der Waals surface area contributed by atoms with Crippen LogP contribution in [-0.4, -0.2) is 34.2 Å². The van der Waals surface area contributed by atoms with Gasteiger partial charge in [-0.25, -0.2) is 14.1 Å². The van der Waals surface area contributed by atoms with Crippen LogP contribution in [0.3, 0.4) is 0 Å². The SMILES string of the molecule is COc1ccc(-c2cn(Cc3csc(-c4ccc(F)cc4)n3)nn2)cc1OC. The summed E-state index contributed by atoms with van der Waals surface area (Å²) < 4.78 is 25.4. The number of thiazole rings is 1. The molecule has 142 valence electrons. The summed E-state index contributed by atoms with van der Waals surface area (Å²) in [6, 6.07) is 11.9. The predicted octanol–water partition coefficient (Wildman–Crippen LogP) is 4.27.